The van der Waals surface area contributed by atoms with Gasteiger partial charge in [0.2, 0.25) is 0 Å². The Labute approximate surface area is 157 Å². The van der Waals surface area contributed by atoms with Crippen molar-refractivity contribution in [3.05, 3.63) is 45.7 Å². The number of hydrogen-bond donors (Lipinski definition) is 1. The first-order chi connectivity index (χ1) is 13.1. The number of hydrogen-bond acceptors (Lipinski definition) is 8. The number of pyridine rings is 1. The maximum atomic E-state index is 12.8. The molecule has 0 saturated heterocycles. The van der Waals surface area contributed by atoms with Crippen LogP contribution in [0.5, 0.6) is 11.5 Å². The van der Waals surface area contributed by atoms with Gasteiger partial charge in [0.15, 0.2) is 22.1 Å². The van der Waals surface area contributed by atoms with Crippen LogP contribution in [0.1, 0.15) is 5.56 Å². The number of aromatic nitrogens is 3. The molecule has 0 aliphatic rings. The molecule has 4 rings (SSSR count). The van der Waals surface area contributed by atoms with Crippen LogP contribution in [0.25, 0.3) is 27.1 Å². The summed E-state index contributed by atoms with van der Waals surface area (Å²) in [6.45, 7) is 0. The predicted octanol–water partition coefficient (Wildman–Crippen LogP) is 2.44. The average Bonchev–Trinajstić information content (AvgIpc) is 3.15. The van der Waals surface area contributed by atoms with Gasteiger partial charge in [-0.3, -0.25) is 9.20 Å². The van der Waals surface area contributed by atoms with Gasteiger partial charge < -0.3 is 15.2 Å². The van der Waals surface area contributed by atoms with Gasteiger partial charge in [0, 0.05) is 17.1 Å². The second-order valence-corrected chi connectivity index (χ2v) is 6.47. The maximum absolute atomic E-state index is 12.8. The van der Waals surface area contributed by atoms with Crippen molar-refractivity contribution >= 4 is 33.1 Å². The average molecular weight is 379 g/mol. The number of methoxy groups -OCH3 is 2. The number of fused-ring (bicyclic) bond motifs is 3. The standard InChI is InChI=1S/C18H13N5O3S/c1-25-11-4-3-9(7-12(11)26-2)13-10(8-19)15(20)21-16-14(13)17(24)22-18-23(16)5-6-27-18/h3-7H,1-2H3,(H2,20,21). The van der Waals surface area contributed by atoms with Gasteiger partial charge in [0.25, 0.3) is 5.56 Å². The van der Waals surface area contributed by atoms with Crippen molar-refractivity contribution < 1.29 is 9.47 Å². The molecule has 2 N–H and O–H groups in total. The molecule has 0 amide bonds. The van der Waals surface area contributed by atoms with Gasteiger partial charge in [-0.05, 0) is 17.7 Å². The van der Waals surface area contributed by atoms with E-state index in [-0.39, 0.29) is 16.8 Å². The maximum Gasteiger partial charge on any atom is 0.284 e. The first-order valence-electron chi connectivity index (χ1n) is 7.80. The van der Waals surface area contributed by atoms with Gasteiger partial charge in [-0.2, -0.15) is 10.2 Å². The van der Waals surface area contributed by atoms with Crippen LogP contribution in [0.2, 0.25) is 0 Å². The Balaban J connectivity index is 2.20. The predicted molar refractivity (Wildman–Crippen MR) is 102 cm³/mol. The van der Waals surface area contributed by atoms with Crippen LogP contribution in [-0.4, -0.2) is 28.6 Å². The van der Waals surface area contributed by atoms with E-state index in [0.29, 0.717) is 33.2 Å². The number of ether oxygens (including phenoxy) is 2. The fourth-order valence-corrected chi connectivity index (χ4v) is 3.72. The van der Waals surface area contributed by atoms with Gasteiger partial charge >= 0.3 is 0 Å². The van der Waals surface area contributed by atoms with Crippen LogP contribution < -0.4 is 20.8 Å². The molecular formula is C18H13N5O3S. The summed E-state index contributed by atoms with van der Waals surface area (Å²) in [5.74, 6) is 1.04. The summed E-state index contributed by atoms with van der Waals surface area (Å²) in [4.78, 5) is 21.7. The van der Waals surface area contributed by atoms with Crippen molar-refractivity contribution in [2.45, 2.75) is 0 Å². The van der Waals surface area contributed by atoms with E-state index in [9.17, 15) is 10.1 Å². The van der Waals surface area contributed by atoms with Crippen molar-refractivity contribution in [3.8, 4) is 28.7 Å². The van der Waals surface area contributed by atoms with E-state index in [4.69, 9.17) is 15.2 Å². The number of anilines is 1. The lowest BCUT2D eigenvalue weighted by Crippen LogP contribution is -2.13. The summed E-state index contributed by atoms with van der Waals surface area (Å²) in [6.07, 6.45) is 1.76. The Bertz CT molecular complexity index is 1300. The molecule has 0 atom stereocenters. The second kappa shape index (κ2) is 6.26. The Morgan fingerprint density at radius 2 is 2.00 bits per heavy atom. The van der Waals surface area contributed by atoms with E-state index in [1.54, 1.807) is 34.2 Å². The van der Waals surface area contributed by atoms with Crippen LogP contribution in [0, 0.1) is 11.3 Å². The third kappa shape index (κ3) is 2.46. The number of nitrogens with zero attached hydrogens (tertiary/aromatic N) is 4. The summed E-state index contributed by atoms with van der Waals surface area (Å²) in [7, 11) is 3.04. The van der Waals surface area contributed by atoms with Gasteiger partial charge in [-0.15, -0.1) is 11.3 Å². The van der Waals surface area contributed by atoms with Crippen molar-refractivity contribution in [1.82, 2.24) is 14.4 Å². The summed E-state index contributed by atoms with van der Waals surface area (Å²) >= 11 is 1.31. The third-order valence-corrected chi connectivity index (χ3v) is 4.98. The SMILES string of the molecule is COc1ccc(-c2c(C#N)c(N)nc3c2c(=O)nc2sccn23)cc1OC. The van der Waals surface area contributed by atoms with E-state index in [2.05, 4.69) is 16.0 Å². The van der Waals surface area contributed by atoms with Gasteiger partial charge in [-0.1, -0.05) is 6.07 Å². The van der Waals surface area contributed by atoms with Crippen LogP contribution in [0.3, 0.4) is 0 Å². The quantitative estimate of drug-likeness (QED) is 0.581. The molecule has 0 spiro atoms. The molecule has 8 nitrogen and oxygen atoms in total. The van der Waals surface area contributed by atoms with E-state index in [1.165, 1.54) is 25.6 Å². The number of nitriles is 1. The lowest BCUT2D eigenvalue weighted by molar-refractivity contribution is 0.355. The van der Waals surface area contributed by atoms with Crippen LogP contribution in [0.15, 0.2) is 34.6 Å². The van der Waals surface area contributed by atoms with Crippen LogP contribution in [-0.2, 0) is 0 Å². The van der Waals surface area contributed by atoms with Crippen molar-refractivity contribution in [2.75, 3.05) is 20.0 Å². The Hall–Kier alpha value is -3.64. The molecule has 0 fully saturated rings. The summed E-state index contributed by atoms with van der Waals surface area (Å²) in [5.41, 5.74) is 7.00. The lowest BCUT2D eigenvalue weighted by atomic mass is 9.97. The highest BCUT2D eigenvalue weighted by molar-refractivity contribution is 7.15. The number of nitrogens with two attached hydrogens (primary N) is 1. The van der Waals surface area contributed by atoms with E-state index in [1.807, 2.05) is 0 Å². The van der Waals surface area contributed by atoms with E-state index in [0.717, 1.165) is 0 Å². The normalized spacial score (nSPS) is 10.9. The molecule has 0 unspecified atom stereocenters. The summed E-state index contributed by atoms with van der Waals surface area (Å²) in [5, 5.41) is 11.7. The molecule has 3 heterocycles. The molecule has 0 aliphatic heterocycles. The minimum atomic E-state index is -0.471. The Morgan fingerprint density at radius 1 is 1.22 bits per heavy atom. The van der Waals surface area contributed by atoms with E-state index >= 15 is 0 Å². The number of nitrogen functional groups attached to an aromatic ring is 1. The minimum absolute atomic E-state index is 0.0420. The highest BCUT2D eigenvalue weighted by Gasteiger charge is 2.21. The second-order valence-electron chi connectivity index (χ2n) is 5.60. The number of benzene rings is 1. The zero-order chi connectivity index (χ0) is 19.1. The number of rotatable bonds is 3. The molecule has 0 bridgehead atoms. The fourth-order valence-electron chi connectivity index (χ4n) is 3.02. The molecule has 0 saturated carbocycles. The Kier molecular flexibility index (Phi) is 3.90. The molecule has 9 heteroatoms. The first-order valence-corrected chi connectivity index (χ1v) is 8.68. The molecule has 134 valence electrons. The zero-order valence-corrected chi connectivity index (χ0v) is 15.2. The molecule has 1 aromatic carbocycles. The van der Waals surface area contributed by atoms with Gasteiger partial charge in [0.1, 0.15) is 17.5 Å². The van der Waals surface area contributed by atoms with Crippen LogP contribution in [0.4, 0.5) is 5.82 Å². The molecule has 3 aromatic heterocycles. The topological polar surface area (TPSA) is 116 Å². The highest BCUT2D eigenvalue weighted by atomic mass is 32.1. The molecule has 4 aromatic rings. The third-order valence-electron chi connectivity index (χ3n) is 4.22. The van der Waals surface area contributed by atoms with Crippen LogP contribution >= 0.6 is 11.3 Å². The largest absolute Gasteiger partial charge is 0.493 e. The zero-order valence-electron chi connectivity index (χ0n) is 14.4. The lowest BCUT2D eigenvalue weighted by Gasteiger charge is -2.13. The summed E-state index contributed by atoms with van der Waals surface area (Å²) < 4.78 is 12.3. The fraction of sp³-hybridized carbons (Fsp3) is 0.111. The molecule has 27 heavy (non-hydrogen) atoms. The van der Waals surface area contributed by atoms with Crippen molar-refractivity contribution in [3.63, 3.8) is 0 Å². The monoisotopic (exact) mass is 379 g/mol. The number of thiazole rings is 1. The van der Waals surface area contributed by atoms with E-state index < -0.39 is 5.56 Å². The molecule has 0 aliphatic carbocycles. The van der Waals surface area contributed by atoms with Crippen molar-refractivity contribution in [2.24, 2.45) is 0 Å². The Morgan fingerprint density at radius 3 is 2.70 bits per heavy atom. The summed E-state index contributed by atoms with van der Waals surface area (Å²) in [6, 6.07) is 7.18. The first kappa shape index (κ1) is 16.8. The highest BCUT2D eigenvalue weighted by Crippen LogP contribution is 2.37. The molecule has 0 radical (unpaired) electrons. The minimum Gasteiger partial charge on any atom is -0.493 e. The molecular weight excluding hydrogens is 366 g/mol. The van der Waals surface area contributed by atoms with Gasteiger partial charge in [0.05, 0.1) is 19.6 Å². The smallest absolute Gasteiger partial charge is 0.284 e. The van der Waals surface area contributed by atoms with Gasteiger partial charge in [-0.25, -0.2) is 4.98 Å². The van der Waals surface area contributed by atoms with Crippen molar-refractivity contribution in [1.29, 1.82) is 5.26 Å².